The van der Waals surface area contributed by atoms with Crippen LogP contribution in [0.1, 0.15) is 61.2 Å². The maximum atomic E-state index is 12.7. The van der Waals surface area contributed by atoms with Crippen LogP contribution < -0.4 is 5.32 Å². The number of fused-ring (bicyclic) bond motifs is 1. The summed E-state index contributed by atoms with van der Waals surface area (Å²) in [5.41, 5.74) is 1.14. The Hall–Kier alpha value is -4.05. The second kappa shape index (κ2) is 10.5. The summed E-state index contributed by atoms with van der Waals surface area (Å²) in [5.74, 6) is -2.77. The average molecular weight is 480 g/mol. The topological polar surface area (TPSA) is 128 Å². The average Bonchev–Trinajstić information content (AvgIpc) is 3.46. The lowest BCUT2D eigenvalue weighted by molar-refractivity contribution is -0.119. The Bertz CT molecular complexity index is 1170. The van der Waals surface area contributed by atoms with Gasteiger partial charge in [-0.2, -0.15) is 0 Å². The fourth-order valence-electron chi connectivity index (χ4n) is 3.89. The van der Waals surface area contributed by atoms with Crippen molar-refractivity contribution >= 4 is 35.3 Å². The second-order valence-electron chi connectivity index (χ2n) is 8.04. The maximum Gasteiger partial charge on any atom is 0.338 e. The van der Waals surface area contributed by atoms with Crippen LogP contribution in [0.5, 0.6) is 0 Å². The molecule has 10 nitrogen and oxygen atoms in total. The molecule has 3 amide bonds. The molecule has 2 aliphatic rings. The number of carbonyl (C=O) groups excluding carboxylic acids is 5. The molecule has 0 unspecified atom stereocenters. The van der Waals surface area contributed by atoms with Gasteiger partial charge in [0, 0.05) is 12.3 Å². The molecule has 1 N–H and O–H groups in total. The third kappa shape index (κ3) is 5.38. The zero-order chi connectivity index (χ0) is 24.9. The number of hydrogen-bond acceptors (Lipinski definition) is 8. The van der Waals surface area contributed by atoms with Crippen LogP contribution in [-0.4, -0.2) is 67.0 Å². The van der Waals surface area contributed by atoms with E-state index in [1.807, 2.05) is 0 Å². The molecule has 0 saturated carbocycles. The van der Waals surface area contributed by atoms with E-state index in [1.54, 1.807) is 6.92 Å². The first-order valence-electron chi connectivity index (χ1n) is 11.2. The van der Waals surface area contributed by atoms with Crippen molar-refractivity contribution in [3.8, 4) is 0 Å². The third-order valence-electron chi connectivity index (χ3n) is 5.63. The van der Waals surface area contributed by atoms with Gasteiger partial charge in [0.2, 0.25) is 0 Å². The third-order valence-corrected chi connectivity index (χ3v) is 5.63. The van der Waals surface area contributed by atoms with Crippen molar-refractivity contribution in [1.29, 1.82) is 0 Å². The maximum absolute atomic E-state index is 12.7. The number of esters is 2. The molecule has 0 radical (unpaired) electrons. The molecule has 0 spiro atoms. The van der Waals surface area contributed by atoms with E-state index in [2.05, 4.69) is 5.32 Å². The summed E-state index contributed by atoms with van der Waals surface area (Å²) in [5, 5.41) is 2.56. The molecular formula is C25H24N2O8. The lowest BCUT2D eigenvalue weighted by atomic mass is 10.1. The van der Waals surface area contributed by atoms with E-state index in [-0.39, 0.29) is 35.9 Å². The van der Waals surface area contributed by atoms with Crippen LogP contribution in [0.15, 0.2) is 42.5 Å². The predicted octanol–water partition coefficient (Wildman–Crippen LogP) is 2.43. The summed E-state index contributed by atoms with van der Waals surface area (Å²) < 4.78 is 15.5. The van der Waals surface area contributed by atoms with E-state index >= 15 is 0 Å². The number of ether oxygens (including phenoxy) is 3. The number of amides is 3. The minimum atomic E-state index is -0.807. The number of hydrogen-bond donors (Lipinski definition) is 1. The zero-order valence-corrected chi connectivity index (χ0v) is 19.1. The van der Waals surface area contributed by atoms with Gasteiger partial charge in [-0.25, -0.2) is 9.59 Å². The summed E-state index contributed by atoms with van der Waals surface area (Å²) in [6.45, 7) is 2.18. The summed E-state index contributed by atoms with van der Waals surface area (Å²) >= 11 is 0. The number of nitrogens with zero attached hydrogens (tertiary/aromatic N) is 1. The van der Waals surface area contributed by atoms with Crippen molar-refractivity contribution in [2.75, 3.05) is 31.7 Å². The summed E-state index contributed by atoms with van der Waals surface area (Å²) in [6.07, 6.45) is 1.49. The summed E-state index contributed by atoms with van der Waals surface area (Å²) in [7, 11) is 0. The molecule has 4 rings (SSSR count). The van der Waals surface area contributed by atoms with E-state index < -0.39 is 36.3 Å². The number of carbonyl (C=O) groups is 5. The number of imide groups is 1. The van der Waals surface area contributed by atoms with Gasteiger partial charge in [-0.3, -0.25) is 19.3 Å². The summed E-state index contributed by atoms with van der Waals surface area (Å²) in [4.78, 5) is 62.8. The first kappa shape index (κ1) is 24.1. The van der Waals surface area contributed by atoms with Gasteiger partial charge in [-0.05, 0) is 62.2 Å². The normalized spacial score (nSPS) is 16.7. The number of nitrogens with one attached hydrogen (secondary N) is 1. The van der Waals surface area contributed by atoms with Crippen LogP contribution in [0, 0.1) is 0 Å². The molecule has 2 heterocycles. The van der Waals surface area contributed by atoms with Crippen molar-refractivity contribution in [2.45, 2.75) is 25.9 Å². The molecule has 1 fully saturated rings. The van der Waals surface area contributed by atoms with Crippen molar-refractivity contribution in [3.63, 3.8) is 0 Å². The summed E-state index contributed by atoms with van der Waals surface area (Å²) in [6, 6.07) is 10.2. The van der Waals surface area contributed by atoms with Crippen LogP contribution in [0.4, 0.5) is 5.69 Å². The van der Waals surface area contributed by atoms with Crippen molar-refractivity contribution in [3.05, 3.63) is 64.7 Å². The quantitative estimate of drug-likeness (QED) is 0.451. The highest BCUT2D eigenvalue weighted by Crippen LogP contribution is 2.26. The Labute approximate surface area is 201 Å². The molecule has 10 heteroatoms. The fraction of sp³-hybridized carbons (Fsp3) is 0.320. The van der Waals surface area contributed by atoms with Crippen molar-refractivity contribution in [1.82, 2.24) is 4.90 Å². The highest BCUT2D eigenvalue weighted by atomic mass is 16.5. The first-order chi connectivity index (χ1) is 16.9. The SMILES string of the molecule is CCOC(=O)c1ccc(NC(=O)COC(=O)c2ccc3c(c2)C(=O)N(C[C@H]2CCCO2)C3=O)cc1. The molecular weight excluding hydrogens is 456 g/mol. The molecule has 1 atom stereocenters. The van der Waals surface area contributed by atoms with Crippen LogP contribution in [0.2, 0.25) is 0 Å². The van der Waals surface area contributed by atoms with Gasteiger partial charge in [0.05, 0.1) is 41.5 Å². The van der Waals surface area contributed by atoms with E-state index in [0.717, 1.165) is 17.7 Å². The molecule has 0 aliphatic carbocycles. The van der Waals surface area contributed by atoms with Gasteiger partial charge >= 0.3 is 11.9 Å². The van der Waals surface area contributed by atoms with Gasteiger partial charge in [0.25, 0.3) is 17.7 Å². The van der Waals surface area contributed by atoms with E-state index in [4.69, 9.17) is 14.2 Å². The highest BCUT2D eigenvalue weighted by Gasteiger charge is 2.38. The highest BCUT2D eigenvalue weighted by molar-refractivity contribution is 6.22. The van der Waals surface area contributed by atoms with E-state index in [0.29, 0.717) is 17.9 Å². The first-order valence-corrected chi connectivity index (χ1v) is 11.2. The fourth-order valence-corrected chi connectivity index (χ4v) is 3.89. The van der Waals surface area contributed by atoms with Crippen molar-refractivity contribution < 1.29 is 38.2 Å². The predicted molar refractivity (Wildman–Crippen MR) is 122 cm³/mol. The van der Waals surface area contributed by atoms with Crippen LogP contribution in [0.25, 0.3) is 0 Å². The Morgan fingerprint density at radius 1 is 0.971 bits per heavy atom. The molecule has 35 heavy (non-hydrogen) atoms. The Morgan fingerprint density at radius 2 is 1.66 bits per heavy atom. The second-order valence-corrected chi connectivity index (χ2v) is 8.04. The van der Waals surface area contributed by atoms with Gasteiger partial charge < -0.3 is 19.5 Å². The van der Waals surface area contributed by atoms with Crippen LogP contribution >= 0.6 is 0 Å². The minimum Gasteiger partial charge on any atom is -0.462 e. The largest absolute Gasteiger partial charge is 0.462 e. The van der Waals surface area contributed by atoms with Gasteiger partial charge in [-0.15, -0.1) is 0 Å². The zero-order valence-electron chi connectivity index (χ0n) is 19.1. The molecule has 1 saturated heterocycles. The monoisotopic (exact) mass is 480 g/mol. The molecule has 0 aromatic heterocycles. The molecule has 2 aliphatic heterocycles. The lowest BCUT2D eigenvalue weighted by Crippen LogP contribution is -2.36. The lowest BCUT2D eigenvalue weighted by Gasteiger charge is -2.17. The Kier molecular flexibility index (Phi) is 7.21. The van der Waals surface area contributed by atoms with Gasteiger partial charge in [0.1, 0.15) is 0 Å². The molecule has 182 valence electrons. The molecule has 0 bridgehead atoms. The smallest absolute Gasteiger partial charge is 0.338 e. The van der Waals surface area contributed by atoms with Crippen LogP contribution in [0.3, 0.4) is 0 Å². The van der Waals surface area contributed by atoms with E-state index in [1.165, 1.54) is 42.5 Å². The minimum absolute atomic E-state index is 0.0513. The standard InChI is InChI=1S/C25H24N2O8/c1-2-33-24(31)15-5-8-17(9-6-15)26-21(28)14-35-25(32)16-7-10-19-20(12-16)23(30)27(22(19)29)13-18-4-3-11-34-18/h5-10,12,18H,2-4,11,13-14H2,1H3,(H,26,28)/t18-/m1/s1. The number of benzene rings is 2. The molecule has 2 aromatic rings. The van der Waals surface area contributed by atoms with Gasteiger partial charge in [0.15, 0.2) is 6.61 Å². The molecule has 2 aromatic carbocycles. The van der Waals surface area contributed by atoms with Gasteiger partial charge in [-0.1, -0.05) is 0 Å². The van der Waals surface area contributed by atoms with Crippen LogP contribution in [-0.2, 0) is 19.0 Å². The number of rotatable bonds is 8. The Balaban J connectivity index is 1.32. The Morgan fingerprint density at radius 3 is 2.34 bits per heavy atom. The van der Waals surface area contributed by atoms with E-state index in [9.17, 15) is 24.0 Å². The van der Waals surface area contributed by atoms with Crippen molar-refractivity contribution in [2.24, 2.45) is 0 Å². The number of anilines is 1.